The summed E-state index contributed by atoms with van der Waals surface area (Å²) < 4.78 is 1.65. The summed E-state index contributed by atoms with van der Waals surface area (Å²) >= 11 is 0. The number of carbonyl (C=O) groups is 1. The van der Waals surface area contributed by atoms with Crippen LogP contribution in [0.4, 0.5) is 0 Å². The lowest BCUT2D eigenvalue weighted by Crippen LogP contribution is -2.19. The molecule has 0 aliphatic heterocycles. The van der Waals surface area contributed by atoms with Gasteiger partial charge in [0.05, 0.1) is 6.54 Å². The Kier molecular flexibility index (Phi) is 3.69. The van der Waals surface area contributed by atoms with E-state index in [4.69, 9.17) is 5.73 Å². The minimum atomic E-state index is -0.414. The minimum Gasteiger partial charge on any atom is -0.366 e. The molecule has 1 amide bonds. The number of benzene rings is 1. The molecule has 0 bridgehead atoms. The molecule has 0 saturated carbocycles. The van der Waals surface area contributed by atoms with E-state index in [0.29, 0.717) is 24.5 Å². The summed E-state index contributed by atoms with van der Waals surface area (Å²) in [7, 11) is 1.82. The number of nitrogens with one attached hydrogen (secondary N) is 1. The fourth-order valence-corrected chi connectivity index (χ4v) is 1.69. The number of rotatable bonds is 5. The van der Waals surface area contributed by atoms with Gasteiger partial charge in [0.25, 0.3) is 0 Å². The molecular weight excluding hydrogens is 230 g/mol. The van der Waals surface area contributed by atoms with Gasteiger partial charge in [-0.2, -0.15) is 5.10 Å². The third-order valence-electron chi connectivity index (χ3n) is 2.53. The van der Waals surface area contributed by atoms with Crippen molar-refractivity contribution >= 4 is 5.91 Å². The van der Waals surface area contributed by atoms with Crippen molar-refractivity contribution in [3.63, 3.8) is 0 Å². The molecular formula is C12H15N5O. The molecule has 2 rings (SSSR count). The fraction of sp³-hybridized carbons (Fsp3) is 0.250. The zero-order valence-electron chi connectivity index (χ0n) is 10.1. The highest BCUT2D eigenvalue weighted by Gasteiger charge is 2.06. The molecule has 1 aromatic carbocycles. The Morgan fingerprint density at radius 2 is 2.17 bits per heavy atom. The van der Waals surface area contributed by atoms with E-state index < -0.39 is 5.91 Å². The lowest BCUT2D eigenvalue weighted by atomic mass is 10.1. The van der Waals surface area contributed by atoms with Crippen LogP contribution >= 0.6 is 0 Å². The minimum absolute atomic E-state index is 0.414. The molecule has 0 saturated heterocycles. The fourth-order valence-electron chi connectivity index (χ4n) is 1.69. The third-order valence-corrected chi connectivity index (χ3v) is 2.53. The maximum Gasteiger partial charge on any atom is 0.249 e. The summed E-state index contributed by atoms with van der Waals surface area (Å²) in [6, 6.07) is 7.27. The van der Waals surface area contributed by atoms with Gasteiger partial charge in [0.2, 0.25) is 5.91 Å². The molecule has 6 heteroatoms. The van der Waals surface area contributed by atoms with Crippen molar-refractivity contribution in [3.05, 3.63) is 47.5 Å². The van der Waals surface area contributed by atoms with Gasteiger partial charge >= 0.3 is 0 Å². The molecule has 18 heavy (non-hydrogen) atoms. The van der Waals surface area contributed by atoms with Crippen LogP contribution in [0.3, 0.4) is 0 Å². The van der Waals surface area contributed by atoms with Gasteiger partial charge < -0.3 is 11.1 Å². The van der Waals surface area contributed by atoms with Crippen molar-refractivity contribution in [1.82, 2.24) is 20.1 Å². The largest absolute Gasteiger partial charge is 0.366 e. The predicted octanol–water partition coefficient (Wildman–Crippen LogP) is 0.204. The van der Waals surface area contributed by atoms with Crippen LogP contribution in [0.2, 0.25) is 0 Å². The first-order valence-electron chi connectivity index (χ1n) is 5.60. The highest BCUT2D eigenvalue weighted by atomic mass is 16.1. The molecule has 6 nitrogen and oxygen atoms in total. The van der Waals surface area contributed by atoms with Gasteiger partial charge in [-0.1, -0.05) is 18.2 Å². The average molecular weight is 245 g/mol. The number of amides is 1. The van der Waals surface area contributed by atoms with E-state index in [1.165, 1.54) is 0 Å². The normalized spacial score (nSPS) is 10.5. The first-order chi connectivity index (χ1) is 8.66. The van der Waals surface area contributed by atoms with E-state index in [0.717, 1.165) is 5.56 Å². The van der Waals surface area contributed by atoms with E-state index >= 15 is 0 Å². The van der Waals surface area contributed by atoms with Crippen molar-refractivity contribution < 1.29 is 4.79 Å². The molecule has 0 fully saturated rings. The van der Waals surface area contributed by atoms with E-state index in [1.807, 2.05) is 19.2 Å². The van der Waals surface area contributed by atoms with Crippen LogP contribution in [0, 0.1) is 0 Å². The molecule has 1 heterocycles. The van der Waals surface area contributed by atoms with Gasteiger partial charge in [-0.05, 0) is 11.6 Å². The van der Waals surface area contributed by atoms with Crippen molar-refractivity contribution in [2.75, 3.05) is 0 Å². The Morgan fingerprint density at radius 3 is 2.83 bits per heavy atom. The second kappa shape index (κ2) is 5.42. The van der Waals surface area contributed by atoms with Crippen molar-refractivity contribution in [2.24, 2.45) is 12.8 Å². The lowest BCUT2D eigenvalue weighted by molar-refractivity contribution is 0.0999. The second-order valence-electron chi connectivity index (χ2n) is 3.96. The first-order valence-corrected chi connectivity index (χ1v) is 5.60. The Morgan fingerprint density at radius 1 is 1.39 bits per heavy atom. The lowest BCUT2D eigenvalue weighted by Gasteiger charge is -2.06. The van der Waals surface area contributed by atoms with Crippen LogP contribution in [0.25, 0.3) is 0 Å². The highest BCUT2D eigenvalue weighted by molar-refractivity contribution is 5.94. The van der Waals surface area contributed by atoms with Gasteiger partial charge in [-0.25, -0.2) is 4.98 Å². The predicted molar refractivity (Wildman–Crippen MR) is 66.5 cm³/mol. The van der Waals surface area contributed by atoms with Gasteiger partial charge in [0.15, 0.2) is 5.82 Å². The monoisotopic (exact) mass is 245 g/mol. The third kappa shape index (κ3) is 2.92. The molecule has 1 aromatic heterocycles. The van der Waals surface area contributed by atoms with Crippen LogP contribution in [0.15, 0.2) is 30.6 Å². The summed E-state index contributed by atoms with van der Waals surface area (Å²) in [4.78, 5) is 15.3. The number of aryl methyl sites for hydroxylation is 1. The highest BCUT2D eigenvalue weighted by Crippen LogP contribution is 2.07. The van der Waals surface area contributed by atoms with E-state index in [9.17, 15) is 4.79 Å². The Balaban J connectivity index is 1.96. The molecule has 0 unspecified atom stereocenters. The molecule has 0 radical (unpaired) electrons. The number of hydrogen-bond donors (Lipinski definition) is 2. The Hall–Kier alpha value is -2.21. The average Bonchev–Trinajstić information content (AvgIpc) is 2.75. The van der Waals surface area contributed by atoms with Crippen molar-refractivity contribution in [1.29, 1.82) is 0 Å². The topological polar surface area (TPSA) is 85.8 Å². The van der Waals surface area contributed by atoms with Crippen LogP contribution in [0.5, 0.6) is 0 Å². The maximum absolute atomic E-state index is 11.2. The molecule has 0 spiro atoms. The van der Waals surface area contributed by atoms with Crippen LogP contribution in [0.1, 0.15) is 21.7 Å². The zero-order chi connectivity index (χ0) is 13.0. The summed E-state index contributed by atoms with van der Waals surface area (Å²) in [6.45, 7) is 1.10. The van der Waals surface area contributed by atoms with Gasteiger partial charge in [-0.15, -0.1) is 0 Å². The van der Waals surface area contributed by atoms with Crippen molar-refractivity contribution in [3.8, 4) is 0 Å². The van der Waals surface area contributed by atoms with E-state index in [-0.39, 0.29) is 0 Å². The van der Waals surface area contributed by atoms with Crippen LogP contribution < -0.4 is 11.1 Å². The van der Waals surface area contributed by atoms with E-state index in [2.05, 4.69) is 15.4 Å². The van der Waals surface area contributed by atoms with Crippen molar-refractivity contribution in [2.45, 2.75) is 13.1 Å². The Bertz CT molecular complexity index is 549. The molecule has 0 aliphatic rings. The summed E-state index contributed by atoms with van der Waals surface area (Å²) in [6.07, 6.45) is 1.65. The number of nitrogens with two attached hydrogens (primary N) is 1. The molecule has 0 aliphatic carbocycles. The maximum atomic E-state index is 11.2. The first kappa shape index (κ1) is 12.3. The van der Waals surface area contributed by atoms with Gasteiger partial charge in [-0.3, -0.25) is 9.48 Å². The quantitative estimate of drug-likeness (QED) is 0.788. The SMILES string of the molecule is Cn1cnc(CNCc2ccccc2C(N)=O)n1. The molecule has 2 aromatic rings. The summed E-state index contributed by atoms with van der Waals surface area (Å²) in [5.74, 6) is 0.303. The summed E-state index contributed by atoms with van der Waals surface area (Å²) in [5.41, 5.74) is 6.72. The Labute approximate surface area is 105 Å². The number of aromatic nitrogens is 3. The molecule has 94 valence electrons. The number of carbonyl (C=O) groups excluding carboxylic acids is 1. The number of hydrogen-bond acceptors (Lipinski definition) is 4. The van der Waals surface area contributed by atoms with Gasteiger partial charge in [0, 0.05) is 19.2 Å². The van der Waals surface area contributed by atoms with Gasteiger partial charge in [0.1, 0.15) is 6.33 Å². The summed E-state index contributed by atoms with van der Waals surface area (Å²) in [5, 5.41) is 7.33. The standard InChI is InChI=1S/C12H15N5O/c1-17-8-15-11(16-17)7-14-6-9-4-2-3-5-10(9)12(13)18/h2-5,8,14H,6-7H2,1H3,(H2,13,18). The number of primary amides is 1. The molecule has 0 atom stereocenters. The number of nitrogens with zero attached hydrogens (tertiary/aromatic N) is 3. The second-order valence-corrected chi connectivity index (χ2v) is 3.96. The van der Waals surface area contributed by atoms with Crippen LogP contribution in [-0.2, 0) is 20.1 Å². The van der Waals surface area contributed by atoms with E-state index in [1.54, 1.807) is 23.1 Å². The zero-order valence-corrected chi connectivity index (χ0v) is 10.1. The smallest absolute Gasteiger partial charge is 0.249 e. The molecule has 3 N–H and O–H groups in total. The van der Waals surface area contributed by atoms with Crippen LogP contribution in [-0.4, -0.2) is 20.7 Å².